The summed E-state index contributed by atoms with van der Waals surface area (Å²) in [6, 6.07) is 1.23. The van der Waals surface area contributed by atoms with Gasteiger partial charge in [0, 0.05) is 6.54 Å². The highest BCUT2D eigenvalue weighted by Gasteiger charge is 2.64. The van der Waals surface area contributed by atoms with Crippen molar-refractivity contribution in [3.8, 4) is 0 Å². The van der Waals surface area contributed by atoms with Gasteiger partial charge in [-0.05, 0) is 22.8 Å². The van der Waals surface area contributed by atoms with Crippen molar-refractivity contribution in [3.63, 3.8) is 0 Å². The summed E-state index contributed by atoms with van der Waals surface area (Å²) in [7, 11) is 0. The van der Waals surface area contributed by atoms with Gasteiger partial charge in [0.05, 0.1) is 4.92 Å². The number of hydrogen-bond acceptors (Lipinski definition) is 5. The fourth-order valence-electron chi connectivity index (χ4n) is 2.93. The first-order valence-corrected chi connectivity index (χ1v) is 6.77. The molecule has 21 heavy (non-hydrogen) atoms. The Bertz CT molecular complexity index is 596. The van der Waals surface area contributed by atoms with Crippen LogP contribution in [-0.2, 0) is 0 Å². The summed E-state index contributed by atoms with van der Waals surface area (Å²) in [5, 5.41) is 13.7. The lowest BCUT2D eigenvalue weighted by Crippen LogP contribution is -2.28. The predicted molar refractivity (Wildman–Crippen MR) is 78.7 cm³/mol. The first kappa shape index (κ1) is 15.2. The normalized spacial score (nSPS) is 19.0. The summed E-state index contributed by atoms with van der Waals surface area (Å²) in [6.45, 7) is 9.08. The van der Waals surface area contributed by atoms with Crippen LogP contribution in [0.15, 0.2) is 12.3 Å². The zero-order valence-electron chi connectivity index (χ0n) is 12.6. The Morgan fingerprint density at radius 2 is 2.00 bits per heavy atom. The van der Waals surface area contributed by atoms with Gasteiger partial charge in [0.25, 0.3) is 11.6 Å². The summed E-state index contributed by atoms with van der Waals surface area (Å²) < 4.78 is 0. The van der Waals surface area contributed by atoms with E-state index in [4.69, 9.17) is 5.73 Å². The fraction of sp³-hybridized carbons (Fsp3) is 0.571. The molecule has 114 valence electrons. The van der Waals surface area contributed by atoms with E-state index in [0.29, 0.717) is 12.5 Å². The minimum absolute atomic E-state index is 0.0521. The molecule has 0 bridgehead atoms. The van der Waals surface area contributed by atoms with Crippen molar-refractivity contribution < 1.29 is 9.72 Å². The number of pyridine rings is 1. The molecule has 0 radical (unpaired) electrons. The average molecular weight is 292 g/mol. The monoisotopic (exact) mass is 292 g/mol. The van der Waals surface area contributed by atoms with Crippen molar-refractivity contribution in [2.75, 3.05) is 12.3 Å². The summed E-state index contributed by atoms with van der Waals surface area (Å²) in [6.07, 6.45) is 1.01. The topological polar surface area (TPSA) is 111 Å². The van der Waals surface area contributed by atoms with Crippen LogP contribution in [0.2, 0.25) is 0 Å². The molecule has 0 atom stereocenters. The second-order valence-corrected chi connectivity index (χ2v) is 6.59. The molecule has 0 spiro atoms. The second kappa shape index (κ2) is 4.68. The van der Waals surface area contributed by atoms with Crippen molar-refractivity contribution in [3.05, 3.63) is 27.9 Å². The predicted octanol–water partition coefficient (Wildman–Crippen LogP) is 1.98. The van der Waals surface area contributed by atoms with Crippen molar-refractivity contribution in [1.82, 2.24) is 10.3 Å². The van der Waals surface area contributed by atoms with Crippen LogP contribution in [0.1, 0.15) is 38.1 Å². The van der Waals surface area contributed by atoms with Crippen LogP contribution < -0.4 is 11.1 Å². The molecule has 1 aromatic heterocycles. The molecule has 1 aliphatic carbocycles. The Kier molecular flexibility index (Phi) is 3.39. The largest absolute Gasteiger partial charge is 0.384 e. The van der Waals surface area contributed by atoms with E-state index in [1.165, 1.54) is 6.07 Å². The highest BCUT2D eigenvalue weighted by Crippen LogP contribution is 2.67. The number of rotatable bonds is 4. The number of hydrogen-bond donors (Lipinski definition) is 2. The van der Waals surface area contributed by atoms with Gasteiger partial charge >= 0.3 is 0 Å². The third-order valence-electron chi connectivity index (χ3n) is 5.13. The maximum Gasteiger partial charge on any atom is 0.300 e. The quantitative estimate of drug-likeness (QED) is 0.651. The van der Waals surface area contributed by atoms with E-state index in [9.17, 15) is 14.9 Å². The molecule has 3 N–H and O–H groups in total. The van der Waals surface area contributed by atoms with Crippen LogP contribution in [0.5, 0.6) is 0 Å². The highest BCUT2D eigenvalue weighted by molar-refractivity contribution is 5.98. The van der Waals surface area contributed by atoms with Crippen LogP contribution in [0.4, 0.5) is 11.5 Å². The van der Waals surface area contributed by atoms with Gasteiger partial charge < -0.3 is 11.1 Å². The minimum atomic E-state index is -0.633. The van der Waals surface area contributed by atoms with E-state index < -0.39 is 10.8 Å². The molecule has 7 heteroatoms. The standard InChI is InChI=1S/C14H20N4O3/c1-13(2)10(14(13,3)4)7-17-12(19)8-5-11(15)16-6-9(8)18(20)21/h5-6,10H,7H2,1-4H3,(H2,15,16)(H,17,19). The molecule has 2 rings (SSSR count). The van der Waals surface area contributed by atoms with Gasteiger partial charge in [0.1, 0.15) is 17.6 Å². The van der Waals surface area contributed by atoms with Crippen molar-refractivity contribution in [2.24, 2.45) is 16.7 Å². The lowest BCUT2D eigenvalue weighted by atomic mass is 10.0. The number of nitro groups is 1. The molecule has 1 aliphatic rings. The molecule has 1 aromatic rings. The van der Waals surface area contributed by atoms with Gasteiger partial charge in [0.15, 0.2) is 0 Å². The van der Waals surface area contributed by atoms with E-state index in [-0.39, 0.29) is 27.9 Å². The SMILES string of the molecule is CC1(C)C(CNC(=O)c2cc(N)ncc2[N+](=O)[O-])C1(C)C. The highest BCUT2D eigenvalue weighted by atomic mass is 16.6. The van der Waals surface area contributed by atoms with Gasteiger partial charge in [-0.3, -0.25) is 14.9 Å². The lowest BCUT2D eigenvalue weighted by molar-refractivity contribution is -0.385. The maximum atomic E-state index is 12.2. The Morgan fingerprint density at radius 1 is 1.43 bits per heavy atom. The number of carbonyl (C=O) groups excluding carboxylic acids is 1. The Labute approximate surface area is 123 Å². The molecule has 1 fully saturated rings. The summed E-state index contributed by atoms with van der Waals surface area (Å²) >= 11 is 0. The molecule has 7 nitrogen and oxygen atoms in total. The average Bonchev–Trinajstić information content (AvgIpc) is 2.76. The Morgan fingerprint density at radius 3 is 2.48 bits per heavy atom. The van der Waals surface area contributed by atoms with Crippen molar-refractivity contribution in [2.45, 2.75) is 27.7 Å². The van der Waals surface area contributed by atoms with E-state index in [2.05, 4.69) is 38.0 Å². The number of amides is 1. The van der Waals surface area contributed by atoms with Crippen molar-refractivity contribution in [1.29, 1.82) is 0 Å². The summed E-state index contributed by atoms with van der Waals surface area (Å²) in [4.78, 5) is 26.1. The van der Waals surface area contributed by atoms with Gasteiger partial charge in [-0.15, -0.1) is 0 Å². The number of nitrogens with one attached hydrogen (secondary N) is 1. The zero-order chi connectivity index (χ0) is 16.0. The smallest absolute Gasteiger partial charge is 0.300 e. The molecule has 0 saturated heterocycles. The minimum Gasteiger partial charge on any atom is -0.384 e. The molecule has 0 unspecified atom stereocenters. The van der Waals surface area contributed by atoms with E-state index in [0.717, 1.165) is 6.20 Å². The lowest BCUT2D eigenvalue weighted by Gasteiger charge is -2.07. The first-order chi connectivity index (χ1) is 9.59. The molecule has 1 heterocycles. The number of carbonyl (C=O) groups is 1. The van der Waals surface area contributed by atoms with E-state index in [1.54, 1.807) is 0 Å². The van der Waals surface area contributed by atoms with Crippen LogP contribution >= 0.6 is 0 Å². The molecular formula is C14H20N4O3. The number of nitrogens with zero attached hydrogens (tertiary/aromatic N) is 2. The van der Waals surface area contributed by atoms with Crippen LogP contribution in [0.3, 0.4) is 0 Å². The third-order valence-corrected chi connectivity index (χ3v) is 5.13. The molecule has 0 aliphatic heterocycles. The molecule has 0 aromatic carbocycles. The van der Waals surface area contributed by atoms with Gasteiger partial charge in [-0.1, -0.05) is 27.7 Å². The van der Waals surface area contributed by atoms with Crippen LogP contribution in [-0.4, -0.2) is 22.4 Å². The molecule has 1 saturated carbocycles. The maximum absolute atomic E-state index is 12.2. The first-order valence-electron chi connectivity index (χ1n) is 6.77. The second-order valence-electron chi connectivity index (χ2n) is 6.59. The Hall–Kier alpha value is -2.18. The van der Waals surface area contributed by atoms with E-state index >= 15 is 0 Å². The summed E-state index contributed by atoms with van der Waals surface area (Å²) in [5.74, 6) is -0.0701. The van der Waals surface area contributed by atoms with Crippen molar-refractivity contribution >= 4 is 17.4 Å². The van der Waals surface area contributed by atoms with Gasteiger partial charge in [-0.25, -0.2) is 4.98 Å². The number of aromatic nitrogens is 1. The zero-order valence-corrected chi connectivity index (χ0v) is 12.6. The van der Waals surface area contributed by atoms with E-state index in [1.807, 2.05) is 0 Å². The molecule has 1 amide bonds. The molecular weight excluding hydrogens is 272 g/mol. The number of anilines is 1. The summed E-state index contributed by atoms with van der Waals surface area (Å²) in [5.41, 5.74) is 5.40. The van der Waals surface area contributed by atoms with Gasteiger partial charge in [-0.2, -0.15) is 0 Å². The number of nitrogens with two attached hydrogens (primary N) is 1. The Balaban J connectivity index is 2.12. The number of nitrogen functional groups attached to an aromatic ring is 1. The van der Waals surface area contributed by atoms with Gasteiger partial charge in [0.2, 0.25) is 0 Å². The van der Waals surface area contributed by atoms with Crippen LogP contribution in [0, 0.1) is 26.9 Å². The fourth-order valence-corrected chi connectivity index (χ4v) is 2.93. The van der Waals surface area contributed by atoms with Crippen LogP contribution in [0.25, 0.3) is 0 Å². The third kappa shape index (κ3) is 2.43.